The number of nitrogens with zero attached hydrogens (tertiary/aromatic N) is 1. The molecule has 0 fully saturated rings. The SMILES string of the molecule is COC(=O)c1cccc(Cn2c(C(=O)O)cc3c(C)c(C)ccc32)c1. The molecule has 0 aliphatic heterocycles. The molecule has 3 aromatic rings. The smallest absolute Gasteiger partial charge is 0.352 e. The maximum absolute atomic E-state index is 11.7. The van der Waals surface area contributed by atoms with Crippen LogP contribution in [0.25, 0.3) is 10.9 Å². The Morgan fingerprint density at radius 2 is 1.88 bits per heavy atom. The average molecular weight is 337 g/mol. The summed E-state index contributed by atoms with van der Waals surface area (Å²) in [5.41, 5.74) is 4.56. The lowest BCUT2D eigenvalue weighted by molar-refractivity contribution is 0.0599. The Bertz CT molecular complexity index is 985. The summed E-state index contributed by atoms with van der Waals surface area (Å²) in [5, 5.41) is 10.5. The van der Waals surface area contributed by atoms with Crippen molar-refractivity contribution in [1.29, 1.82) is 0 Å². The van der Waals surface area contributed by atoms with E-state index >= 15 is 0 Å². The number of methoxy groups -OCH3 is 1. The Balaban J connectivity index is 2.12. The maximum atomic E-state index is 11.7. The highest BCUT2D eigenvalue weighted by molar-refractivity contribution is 5.96. The van der Waals surface area contributed by atoms with Gasteiger partial charge in [-0.2, -0.15) is 0 Å². The van der Waals surface area contributed by atoms with Crippen LogP contribution in [0.3, 0.4) is 0 Å². The first-order valence-corrected chi connectivity index (χ1v) is 7.92. The highest BCUT2D eigenvalue weighted by Gasteiger charge is 2.17. The second-order valence-corrected chi connectivity index (χ2v) is 6.05. The first-order chi connectivity index (χ1) is 11.9. The molecule has 0 atom stereocenters. The molecule has 1 aromatic heterocycles. The fourth-order valence-corrected chi connectivity index (χ4v) is 3.03. The van der Waals surface area contributed by atoms with E-state index in [0.29, 0.717) is 12.1 Å². The third-order valence-corrected chi connectivity index (χ3v) is 4.53. The molecule has 0 saturated heterocycles. The highest BCUT2D eigenvalue weighted by Crippen LogP contribution is 2.26. The van der Waals surface area contributed by atoms with Gasteiger partial charge in [0.1, 0.15) is 5.69 Å². The molecule has 128 valence electrons. The molecule has 5 heteroatoms. The Morgan fingerprint density at radius 1 is 1.12 bits per heavy atom. The Kier molecular flexibility index (Phi) is 4.31. The van der Waals surface area contributed by atoms with Crippen LogP contribution in [0.15, 0.2) is 42.5 Å². The summed E-state index contributed by atoms with van der Waals surface area (Å²) in [6, 6.07) is 12.7. The van der Waals surface area contributed by atoms with Crippen LogP contribution in [0.5, 0.6) is 0 Å². The number of benzene rings is 2. The number of rotatable bonds is 4. The molecule has 1 N–H and O–H groups in total. The molecule has 3 rings (SSSR count). The monoisotopic (exact) mass is 337 g/mol. The maximum Gasteiger partial charge on any atom is 0.352 e. The van der Waals surface area contributed by atoms with E-state index < -0.39 is 11.9 Å². The lowest BCUT2D eigenvalue weighted by Crippen LogP contribution is -2.10. The van der Waals surface area contributed by atoms with Crippen LogP contribution in [-0.4, -0.2) is 28.7 Å². The van der Waals surface area contributed by atoms with E-state index in [1.165, 1.54) is 7.11 Å². The molecule has 2 aromatic carbocycles. The molecular formula is C20H19NO4. The Labute approximate surface area is 145 Å². The zero-order valence-electron chi connectivity index (χ0n) is 14.4. The van der Waals surface area contributed by atoms with Gasteiger partial charge in [0.25, 0.3) is 0 Å². The Hall–Kier alpha value is -3.08. The minimum Gasteiger partial charge on any atom is -0.477 e. The minimum absolute atomic E-state index is 0.229. The van der Waals surface area contributed by atoms with Gasteiger partial charge in [-0.15, -0.1) is 0 Å². The van der Waals surface area contributed by atoms with Crippen LogP contribution in [0.4, 0.5) is 0 Å². The standard InChI is InChI=1S/C20H19NO4/c1-12-7-8-17-16(13(12)2)10-18(19(22)23)21(17)11-14-5-4-6-15(9-14)20(24)25-3/h4-10H,11H2,1-3H3,(H,22,23). The van der Waals surface area contributed by atoms with Crippen LogP contribution in [0, 0.1) is 13.8 Å². The van der Waals surface area contributed by atoms with Crippen molar-refractivity contribution >= 4 is 22.8 Å². The third-order valence-electron chi connectivity index (χ3n) is 4.53. The lowest BCUT2D eigenvalue weighted by atomic mass is 10.1. The number of carboxylic acids is 1. The predicted molar refractivity (Wildman–Crippen MR) is 95.3 cm³/mol. The van der Waals surface area contributed by atoms with Crippen molar-refractivity contribution in [3.63, 3.8) is 0 Å². The van der Waals surface area contributed by atoms with Gasteiger partial charge in [0, 0.05) is 17.4 Å². The van der Waals surface area contributed by atoms with Crippen molar-refractivity contribution in [3.05, 3.63) is 70.4 Å². The van der Waals surface area contributed by atoms with Gasteiger partial charge in [-0.25, -0.2) is 9.59 Å². The van der Waals surface area contributed by atoms with Gasteiger partial charge in [0.15, 0.2) is 0 Å². The van der Waals surface area contributed by atoms with Gasteiger partial charge < -0.3 is 14.4 Å². The first-order valence-electron chi connectivity index (χ1n) is 7.92. The molecule has 1 heterocycles. The molecular weight excluding hydrogens is 318 g/mol. The van der Waals surface area contributed by atoms with Gasteiger partial charge in [-0.3, -0.25) is 0 Å². The molecule has 0 amide bonds. The first kappa shape index (κ1) is 16.8. The Morgan fingerprint density at radius 3 is 2.56 bits per heavy atom. The van der Waals surface area contributed by atoms with Crippen LogP contribution < -0.4 is 0 Å². The molecule has 25 heavy (non-hydrogen) atoms. The molecule has 0 unspecified atom stereocenters. The number of hydrogen-bond acceptors (Lipinski definition) is 3. The zero-order valence-corrected chi connectivity index (χ0v) is 14.4. The van der Waals surface area contributed by atoms with Crippen molar-refractivity contribution in [3.8, 4) is 0 Å². The quantitative estimate of drug-likeness (QED) is 0.736. The van der Waals surface area contributed by atoms with Gasteiger partial charge in [-0.05, 0) is 54.8 Å². The van der Waals surface area contributed by atoms with Gasteiger partial charge in [0.05, 0.1) is 12.7 Å². The third kappa shape index (κ3) is 3.01. The molecule has 0 aliphatic carbocycles. The number of fused-ring (bicyclic) bond motifs is 1. The molecule has 5 nitrogen and oxygen atoms in total. The van der Waals surface area contributed by atoms with E-state index in [9.17, 15) is 14.7 Å². The summed E-state index contributed by atoms with van der Waals surface area (Å²) in [5.74, 6) is -1.39. The average Bonchev–Trinajstić information content (AvgIpc) is 2.97. The van der Waals surface area contributed by atoms with E-state index in [2.05, 4.69) is 0 Å². The second-order valence-electron chi connectivity index (χ2n) is 6.05. The van der Waals surface area contributed by atoms with Crippen molar-refractivity contribution in [2.75, 3.05) is 7.11 Å². The number of carbonyl (C=O) groups excluding carboxylic acids is 1. The number of aromatic carboxylic acids is 1. The summed E-state index contributed by atoms with van der Waals surface area (Å²) in [7, 11) is 1.34. The number of ether oxygens (including phenoxy) is 1. The van der Waals surface area contributed by atoms with Crippen LogP contribution in [0.2, 0.25) is 0 Å². The predicted octanol–water partition coefficient (Wildman–Crippen LogP) is 3.79. The van der Waals surface area contributed by atoms with Crippen molar-refractivity contribution in [2.45, 2.75) is 20.4 Å². The number of carbonyl (C=O) groups is 2. The largest absolute Gasteiger partial charge is 0.477 e. The minimum atomic E-state index is -0.975. The number of hydrogen-bond donors (Lipinski definition) is 1. The highest BCUT2D eigenvalue weighted by atomic mass is 16.5. The van der Waals surface area contributed by atoms with Crippen molar-refractivity contribution < 1.29 is 19.4 Å². The van der Waals surface area contributed by atoms with Crippen LogP contribution in [-0.2, 0) is 11.3 Å². The van der Waals surface area contributed by atoms with Gasteiger partial charge >= 0.3 is 11.9 Å². The van der Waals surface area contributed by atoms with E-state index in [4.69, 9.17) is 4.74 Å². The number of esters is 1. The van der Waals surface area contributed by atoms with Crippen molar-refractivity contribution in [2.24, 2.45) is 0 Å². The van der Waals surface area contributed by atoms with Crippen LogP contribution in [0.1, 0.15) is 37.5 Å². The molecule has 0 saturated carbocycles. The molecule has 0 spiro atoms. The van der Waals surface area contributed by atoms with E-state index in [1.54, 1.807) is 28.8 Å². The number of aryl methyl sites for hydroxylation is 2. The van der Waals surface area contributed by atoms with E-state index in [-0.39, 0.29) is 5.69 Å². The van der Waals surface area contributed by atoms with Crippen LogP contribution >= 0.6 is 0 Å². The zero-order chi connectivity index (χ0) is 18.1. The fourth-order valence-electron chi connectivity index (χ4n) is 3.03. The number of aromatic nitrogens is 1. The van der Waals surface area contributed by atoms with Crippen molar-refractivity contribution in [1.82, 2.24) is 4.57 Å². The van der Waals surface area contributed by atoms with Gasteiger partial charge in [0.2, 0.25) is 0 Å². The second kappa shape index (κ2) is 6.43. The summed E-state index contributed by atoms with van der Waals surface area (Å²) in [4.78, 5) is 23.4. The lowest BCUT2D eigenvalue weighted by Gasteiger charge is -2.10. The summed E-state index contributed by atoms with van der Waals surface area (Å²) in [6.45, 7) is 4.36. The fraction of sp³-hybridized carbons (Fsp3) is 0.200. The number of carboxylic acid groups (broad SMARTS) is 1. The topological polar surface area (TPSA) is 68.5 Å². The summed E-state index contributed by atoms with van der Waals surface area (Å²) < 4.78 is 6.51. The normalized spacial score (nSPS) is 10.8. The molecule has 0 bridgehead atoms. The molecule has 0 aliphatic rings. The van der Waals surface area contributed by atoms with Gasteiger partial charge in [-0.1, -0.05) is 18.2 Å². The molecule has 0 radical (unpaired) electrons. The van der Waals surface area contributed by atoms with E-state index in [0.717, 1.165) is 27.6 Å². The van der Waals surface area contributed by atoms with E-state index in [1.807, 2.05) is 32.0 Å². The summed E-state index contributed by atoms with van der Waals surface area (Å²) in [6.07, 6.45) is 0. The summed E-state index contributed by atoms with van der Waals surface area (Å²) >= 11 is 0.